The quantitative estimate of drug-likeness (QED) is 0.761. The van der Waals surface area contributed by atoms with Gasteiger partial charge in [0.05, 0.1) is 11.4 Å². The van der Waals surface area contributed by atoms with Crippen molar-refractivity contribution in [2.24, 2.45) is 0 Å². The van der Waals surface area contributed by atoms with Crippen LogP contribution in [0.1, 0.15) is 26.2 Å². The second kappa shape index (κ2) is 8.17. The Labute approximate surface area is 121 Å². The maximum atomic E-state index is 11.7. The van der Waals surface area contributed by atoms with Gasteiger partial charge in [0.1, 0.15) is 0 Å². The average molecular weight is 303 g/mol. The number of nitrogens with one attached hydrogen (secondary N) is 1. The molecule has 0 fully saturated rings. The molecule has 0 spiro atoms. The summed E-state index contributed by atoms with van der Waals surface area (Å²) in [6, 6.07) is 4.93. The molecule has 0 aliphatic rings. The molecule has 19 heavy (non-hydrogen) atoms. The smallest absolute Gasteiger partial charge is 0.224 e. The fourth-order valence-corrected chi connectivity index (χ4v) is 2.89. The van der Waals surface area contributed by atoms with Crippen LogP contribution in [-0.2, 0) is 15.6 Å². The van der Waals surface area contributed by atoms with Crippen molar-refractivity contribution in [2.75, 3.05) is 22.6 Å². The van der Waals surface area contributed by atoms with Crippen molar-refractivity contribution >= 4 is 39.7 Å². The largest absolute Gasteiger partial charge is 0.397 e. The molecule has 4 nitrogen and oxygen atoms in total. The number of anilines is 2. The van der Waals surface area contributed by atoms with Crippen molar-refractivity contribution in [2.45, 2.75) is 26.2 Å². The normalized spacial score (nSPS) is 12.1. The van der Waals surface area contributed by atoms with Crippen LogP contribution in [0.2, 0.25) is 5.02 Å². The van der Waals surface area contributed by atoms with E-state index < -0.39 is 10.8 Å². The summed E-state index contributed by atoms with van der Waals surface area (Å²) >= 11 is 5.78. The van der Waals surface area contributed by atoms with E-state index in [9.17, 15) is 9.00 Å². The van der Waals surface area contributed by atoms with Crippen molar-refractivity contribution in [3.63, 3.8) is 0 Å². The Balaban J connectivity index is 2.37. The highest BCUT2D eigenvalue weighted by Crippen LogP contribution is 2.22. The Morgan fingerprint density at radius 1 is 1.42 bits per heavy atom. The minimum atomic E-state index is -0.813. The molecule has 0 bridgehead atoms. The van der Waals surface area contributed by atoms with Crippen molar-refractivity contribution in [3.05, 3.63) is 23.2 Å². The van der Waals surface area contributed by atoms with Gasteiger partial charge in [0.15, 0.2) is 0 Å². The van der Waals surface area contributed by atoms with Crippen molar-refractivity contribution in [1.82, 2.24) is 0 Å². The van der Waals surface area contributed by atoms with Crippen LogP contribution in [0.5, 0.6) is 0 Å². The second-order valence-corrected chi connectivity index (χ2v) is 6.36. The van der Waals surface area contributed by atoms with E-state index >= 15 is 0 Å². The first-order valence-corrected chi connectivity index (χ1v) is 8.09. The topological polar surface area (TPSA) is 72.2 Å². The summed E-state index contributed by atoms with van der Waals surface area (Å²) < 4.78 is 11.4. The van der Waals surface area contributed by atoms with Crippen LogP contribution in [0.15, 0.2) is 18.2 Å². The molecule has 106 valence electrons. The first-order valence-electron chi connectivity index (χ1n) is 6.22. The molecular weight excluding hydrogens is 284 g/mol. The van der Waals surface area contributed by atoms with Crippen LogP contribution in [-0.4, -0.2) is 21.6 Å². The number of nitrogen functional groups attached to an aromatic ring is 1. The molecule has 0 aliphatic heterocycles. The highest BCUT2D eigenvalue weighted by atomic mass is 35.5. The fraction of sp³-hybridized carbons (Fsp3) is 0.462. The molecule has 6 heteroatoms. The number of carbonyl (C=O) groups is 1. The summed E-state index contributed by atoms with van der Waals surface area (Å²) in [6.07, 6.45) is 1.86. The Kier molecular flexibility index (Phi) is 6.87. The van der Waals surface area contributed by atoms with Crippen LogP contribution in [0, 0.1) is 0 Å². The highest BCUT2D eigenvalue weighted by Gasteiger charge is 2.06. The predicted molar refractivity (Wildman–Crippen MR) is 81.9 cm³/mol. The first-order chi connectivity index (χ1) is 9.02. The van der Waals surface area contributed by atoms with Crippen molar-refractivity contribution < 1.29 is 9.00 Å². The number of benzene rings is 1. The minimum Gasteiger partial charge on any atom is -0.397 e. The maximum Gasteiger partial charge on any atom is 0.224 e. The summed E-state index contributed by atoms with van der Waals surface area (Å²) in [5.74, 6) is 1.14. The molecule has 0 aromatic heterocycles. The van der Waals surface area contributed by atoms with Gasteiger partial charge >= 0.3 is 0 Å². The Morgan fingerprint density at radius 3 is 2.79 bits per heavy atom. The van der Waals surface area contributed by atoms with Gasteiger partial charge in [-0.05, 0) is 31.0 Å². The summed E-state index contributed by atoms with van der Waals surface area (Å²) in [4.78, 5) is 11.7. The van der Waals surface area contributed by atoms with Gasteiger partial charge in [-0.25, -0.2) is 0 Å². The maximum absolute atomic E-state index is 11.7. The SMILES string of the molecule is CCCS(=O)CCCC(=O)Nc1ccc(Cl)cc1N. The number of halogens is 1. The summed E-state index contributed by atoms with van der Waals surface area (Å²) in [7, 11) is -0.813. The first kappa shape index (κ1) is 16.0. The lowest BCUT2D eigenvalue weighted by Crippen LogP contribution is -2.14. The number of amides is 1. The molecule has 3 N–H and O–H groups in total. The van der Waals surface area contributed by atoms with E-state index in [0.717, 1.165) is 6.42 Å². The van der Waals surface area contributed by atoms with Gasteiger partial charge in [0, 0.05) is 33.7 Å². The Bertz CT molecular complexity index is 466. The monoisotopic (exact) mass is 302 g/mol. The van der Waals surface area contributed by atoms with Gasteiger partial charge in [0.25, 0.3) is 0 Å². The lowest BCUT2D eigenvalue weighted by atomic mass is 10.2. The van der Waals surface area contributed by atoms with Crippen LogP contribution < -0.4 is 11.1 Å². The van der Waals surface area contributed by atoms with Crippen molar-refractivity contribution in [3.8, 4) is 0 Å². The molecule has 1 aromatic carbocycles. The summed E-state index contributed by atoms with van der Waals surface area (Å²) in [5.41, 5.74) is 6.74. The highest BCUT2D eigenvalue weighted by molar-refractivity contribution is 7.84. The van der Waals surface area contributed by atoms with E-state index in [0.29, 0.717) is 40.7 Å². The average Bonchev–Trinajstić information content (AvgIpc) is 2.33. The van der Waals surface area contributed by atoms with E-state index in [1.807, 2.05) is 6.92 Å². The third-order valence-corrected chi connectivity index (χ3v) is 4.34. The zero-order chi connectivity index (χ0) is 14.3. The molecule has 0 heterocycles. The number of nitrogens with two attached hydrogens (primary N) is 1. The predicted octanol–water partition coefficient (Wildman–Crippen LogP) is 2.80. The number of carbonyl (C=O) groups excluding carboxylic acids is 1. The zero-order valence-electron chi connectivity index (χ0n) is 10.9. The van der Waals surface area contributed by atoms with Crippen LogP contribution in [0.25, 0.3) is 0 Å². The van der Waals surface area contributed by atoms with Gasteiger partial charge in [-0.1, -0.05) is 18.5 Å². The van der Waals surface area contributed by atoms with Gasteiger partial charge in [-0.3, -0.25) is 9.00 Å². The van der Waals surface area contributed by atoms with E-state index in [1.54, 1.807) is 18.2 Å². The number of hydrogen-bond donors (Lipinski definition) is 2. The molecule has 0 aliphatic carbocycles. The molecule has 1 amide bonds. The third kappa shape index (κ3) is 6.07. The number of hydrogen-bond acceptors (Lipinski definition) is 3. The lowest BCUT2D eigenvalue weighted by molar-refractivity contribution is -0.116. The molecule has 1 aromatic rings. The minimum absolute atomic E-state index is 0.123. The number of rotatable bonds is 7. The standard InChI is InChI=1S/C13H19ClN2O2S/c1-2-7-19(18)8-3-4-13(17)16-12-6-5-10(14)9-11(12)15/h5-6,9H,2-4,7-8,15H2,1H3,(H,16,17). The van der Waals surface area contributed by atoms with Gasteiger partial charge < -0.3 is 11.1 Å². The van der Waals surface area contributed by atoms with Crippen LogP contribution in [0.4, 0.5) is 11.4 Å². The van der Waals surface area contributed by atoms with Crippen LogP contribution >= 0.6 is 11.6 Å². The van der Waals surface area contributed by atoms with E-state index in [1.165, 1.54) is 0 Å². The Hall–Kier alpha value is -1.07. The second-order valence-electron chi connectivity index (χ2n) is 4.23. The molecular formula is C13H19ClN2O2S. The third-order valence-electron chi connectivity index (χ3n) is 2.50. The van der Waals surface area contributed by atoms with Crippen molar-refractivity contribution in [1.29, 1.82) is 0 Å². The van der Waals surface area contributed by atoms with Gasteiger partial charge in [0.2, 0.25) is 5.91 Å². The molecule has 1 rings (SSSR count). The molecule has 0 radical (unpaired) electrons. The lowest BCUT2D eigenvalue weighted by Gasteiger charge is -2.08. The molecule has 1 unspecified atom stereocenters. The summed E-state index contributed by atoms with van der Waals surface area (Å²) in [5, 5.41) is 3.25. The zero-order valence-corrected chi connectivity index (χ0v) is 12.5. The summed E-state index contributed by atoms with van der Waals surface area (Å²) in [6.45, 7) is 1.99. The fourth-order valence-electron chi connectivity index (χ4n) is 1.58. The Morgan fingerprint density at radius 2 is 2.16 bits per heavy atom. The van der Waals surface area contributed by atoms with E-state index in [4.69, 9.17) is 17.3 Å². The van der Waals surface area contributed by atoms with Gasteiger partial charge in [-0.2, -0.15) is 0 Å². The van der Waals surface area contributed by atoms with E-state index in [2.05, 4.69) is 5.32 Å². The molecule has 0 saturated heterocycles. The van der Waals surface area contributed by atoms with E-state index in [-0.39, 0.29) is 5.91 Å². The van der Waals surface area contributed by atoms with Crippen LogP contribution in [0.3, 0.4) is 0 Å². The van der Waals surface area contributed by atoms with Gasteiger partial charge in [-0.15, -0.1) is 0 Å². The molecule has 1 atom stereocenters. The molecule has 0 saturated carbocycles.